The monoisotopic (exact) mass is 502 g/mol. The fraction of sp³-hybridized carbons (Fsp3) is 0.179. The Morgan fingerprint density at radius 1 is 1.00 bits per heavy atom. The number of anilines is 1. The maximum atomic E-state index is 12.9. The number of hydrogen-bond donors (Lipinski definition) is 1. The lowest BCUT2D eigenvalue weighted by Gasteiger charge is -2.14. The van der Waals surface area contributed by atoms with E-state index in [-0.39, 0.29) is 11.4 Å². The van der Waals surface area contributed by atoms with E-state index in [1.165, 1.54) is 7.11 Å². The van der Waals surface area contributed by atoms with Crippen LogP contribution in [0, 0.1) is 13.8 Å². The second-order valence-electron chi connectivity index (χ2n) is 8.32. The summed E-state index contributed by atoms with van der Waals surface area (Å²) in [7, 11) is 1.54. The minimum Gasteiger partial charge on any atom is -0.493 e. The second-order valence-corrected chi connectivity index (χ2v) is 9.31. The van der Waals surface area contributed by atoms with Crippen molar-refractivity contribution in [1.29, 1.82) is 0 Å². The van der Waals surface area contributed by atoms with Crippen molar-refractivity contribution < 1.29 is 23.9 Å². The molecule has 1 N–H and O–H groups in total. The molecule has 8 heteroatoms. The summed E-state index contributed by atoms with van der Waals surface area (Å²) < 4.78 is 11.3. The van der Waals surface area contributed by atoms with Crippen LogP contribution in [0.25, 0.3) is 6.08 Å². The van der Waals surface area contributed by atoms with Gasteiger partial charge in [0.1, 0.15) is 13.2 Å². The molecule has 3 aromatic rings. The van der Waals surface area contributed by atoms with Crippen molar-refractivity contribution >= 4 is 40.6 Å². The van der Waals surface area contributed by atoms with E-state index in [2.05, 4.69) is 5.32 Å². The average Bonchev–Trinajstić information content (AvgIpc) is 3.12. The predicted molar refractivity (Wildman–Crippen MR) is 141 cm³/mol. The first-order chi connectivity index (χ1) is 17.3. The highest BCUT2D eigenvalue weighted by molar-refractivity contribution is 8.18. The first kappa shape index (κ1) is 25.1. The van der Waals surface area contributed by atoms with Gasteiger partial charge in [0.2, 0.25) is 5.91 Å². The molecule has 36 heavy (non-hydrogen) atoms. The highest BCUT2D eigenvalue weighted by atomic mass is 32.2. The number of carbonyl (C=O) groups excluding carboxylic acids is 3. The summed E-state index contributed by atoms with van der Waals surface area (Å²) in [5.74, 6) is 0.123. The largest absolute Gasteiger partial charge is 0.493 e. The molecule has 0 saturated carbocycles. The lowest BCUT2D eigenvalue weighted by Crippen LogP contribution is -2.36. The number of rotatable bonds is 8. The number of methoxy groups -OCH3 is 1. The molecule has 3 amide bonds. The van der Waals surface area contributed by atoms with Crippen LogP contribution in [0.15, 0.2) is 71.6 Å². The van der Waals surface area contributed by atoms with Crippen molar-refractivity contribution in [3.8, 4) is 11.5 Å². The number of nitrogens with zero attached hydrogens (tertiary/aromatic N) is 1. The molecule has 184 valence electrons. The third kappa shape index (κ3) is 5.95. The lowest BCUT2D eigenvalue weighted by atomic mass is 10.1. The molecule has 0 unspecified atom stereocenters. The number of nitrogens with one attached hydrogen (secondary N) is 1. The Morgan fingerprint density at radius 3 is 2.50 bits per heavy atom. The second kappa shape index (κ2) is 11.1. The summed E-state index contributed by atoms with van der Waals surface area (Å²) in [6.45, 7) is 3.88. The Morgan fingerprint density at radius 2 is 1.78 bits per heavy atom. The minimum atomic E-state index is -0.510. The SMILES string of the molecule is COc1cc(/C=C2/SC(=O)N(CC(=O)Nc3ccc(C)cc3C)C2=O)ccc1OCc1ccccc1. The Labute approximate surface area is 214 Å². The van der Waals surface area contributed by atoms with Crippen molar-refractivity contribution in [2.24, 2.45) is 0 Å². The van der Waals surface area contributed by atoms with Gasteiger partial charge in [0, 0.05) is 5.69 Å². The molecule has 1 aliphatic rings. The number of carbonyl (C=O) groups is 3. The van der Waals surface area contributed by atoms with Crippen LogP contribution < -0.4 is 14.8 Å². The molecule has 0 aliphatic carbocycles. The van der Waals surface area contributed by atoms with Gasteiger partial charge in [0.25, 0.3) is 11.1 Å². The third-order valence-corrected chi connectivity index (χ3v) is 6.46. The molecule has 1 aliphatic heterocycles. The van der Waals surface area contributed by atoms with Crippen LogP contribution in [0.2, 0.25) is 0 Å². The first-order valence-electron chi connectivity index (χ1n) is 11.3. The van der Waals surface area contributed by atoms with Crippen molar-refractivity contribution in [3.05, 3.63) is 93.9 Å². The third-order valence-electron chi connectivity index (χ3n) is 5.55. The molecule has 1 saturated heterocycles. The van der Waals surface area contributed by atoms with E-state index >= 15 is 0 Å². The van der Waals surface area contributed by atoms with Crippen LogP contribution in [0.3, 0.4) is 0 Å². The van der Waals surface area contributed by atoms with Gasteiger partial charge in [0.05, 0.1) is 12.0 Å². The fourth-order valence-corrected chi connectivity index (χ4v) is 4.54. The number of ether oxygens (including phenoxy) is 2. The summed E-state index contributed by atoms with van der Waals surface area (Å²) in [5.41, 5.74) is 4.33. The molecule has 1 heterocycles. The molecule has 4 rings (SSSR count). The van der Waals surface area contributed by atoms with Crippen LogP contribution >= 0.6 is 11.8 Å². The standard InChI is InChI=1S/C28H26N2O5S/c1-18-9-11-22(19(2)13-18)29-26(31)16-30-27(32)25(36-28(30)33)15-21-10-12-23(24(14-21)34-3)35-17-20-7-5-4-6-8-20/h4-15H,16-17H2,1-3H3,(H,29,31)/b25-15+. The smallest absolute Gasteiger partial charge is 0.294 e. The lowest BCUT2D eigenvalue weighted by molar-refractivity contribution is -0.127. The maximum absolute atomic E-state index is 12.9. The normalized spacial score (nSPS) is 14.3. The van der Waals surface area contributed by atoms with Gasteiger partial charge >= 0.3 is 0 Å². The first-order valence-corrected chi connectivity index (χ1v) is 12.1. The van der Waals surface area contributed by atoms with Gasteiger partial charge in [-0.15, -0.1) is 0 Å². The van der Waals surface area contributed by atoms with Gasteiger partial charge in [-0.1, -0.05) is 54.1 Å². The average molecular weight is 503 g/mol. The van der Waals surface area contributed by atoms with E-state index in [0.717, 1.165) is 33.4 Å². The zero-order valence-electron chi connectivity index (χ0n) is 20.2. The number of benzene rings is 3. The van der Waals surface area contributed by atoms with Gasteiger partial charge in [-0.25, -0.2) is 0 Å². The summed E-state index contributed by atoms with van der Waals surface area (Å²) in [4.78, 5) is 39.1. The van der Waals surface area contributed by atoms with Gasteiger partial charge in [-0.05, 0) is 66.6 Å². The van der Waals surface area contributed by atoms with Crippen LogP contribution in [0.1, 0.15) is 22.3 Å². The molecule has 1 fully saturated rings. The Balaban J connectivity index is 1.43. The molecule has 0 spiro atoms. The van der Waals surface area contributed by atoms with E-state index in [1.54, 1.807) is 30.3 Å². The van der Waals surface area contributed by atoms with Gasteiger partial charge in [-0.2, -0.15) is 0 Å². The molecule has 0 atom stereocenters. The number of hydrogen-bond acceptors (Lipinski definition) is 6. The topological polar surface area (TPSA) is 84.9 Å². The Hall–Kier alpha value is -4.04. The fourth-order valence-electron chi connectivity index (χ4n) is 3.70. The minimum absolute atomic E-state index is 0.235. The van der Waals surface area contributed by atoms with E-state index in [9.17, 15) is 14.4 Å². The molecule has 7 nitrogen and oxygen atoms in total. The van der Waals surface area contributed by atoms with E-state index in [1.807, 2.05) is 56.3 Å². The highest BCUT2D eigenvalue weighted by Gasteiger charge is 2.36. The summed E-state index contributed by atoms with van der Waals surface area (Å²) in [5, 5.41) is 2.28. The predicted octanol–water partition coefficient (Wildman–Crippen LogP) is 5.57. The molecule has 0 bridgehead atoms. The quantitative estimate of drug-likeness (QED) is 0.406. The van der Waals surface area contributed by atoms with E-state index in [4.69, 9.17) is 9.47 Å². The molecule has 0 aromatic heterocycles. The van der Waals surface area contributed by atoms with Crippen molar-refractivity contribution in [2.75, 3.05) is 19.0 Å². The summed E-state index contributed by atoms with van der Waals surface area (Å²) in [6, 6.07) is 20.7. The van der Waals surface area contributed by atoms with Crippen molar-refractivity contribution in [3.63, 3.8) is 0 Å². The van der Waals surface area contributed by atoms with Crippen LogP contribution in [-0.4, -0.2) is 35.6 Å². The van der Waals surface area contributed by atoms with Crippen LogP contribution in [0.4, 0.5) is 10.5 Å². The zero-order valence-corrected chi connectivity index (χ0v) is 21.1. The van der Waals surface area contributed by atoms with Crippen molar-refractivity contribution in [1.82, 2.24) is 4.90 Å². The van der Waals surface area contributed by atoms with Crippen LogP contribution in [-0.2, 0) is 16.2 Å². The molecular weight excluding hydrogens is 476 g/mol. The summed E-state index contributed by atoms with van der Waals surface area (Å²) in [6.07, 6.45) is 1.61. The van der Waals surface area contributed by atoms with Gasteiger partial charge in [-0.3, -0.25) is 19.3 Å². The number of thioether (sulfide) groups is 1. The van der Waals surface area contributed by atoms with Crippen LogP contribution in [0.5, 0.6) is 11.5 Å². The Kier molecular flexibility index (Phi) is 7.75. The molecule has 0 radical (unpaired) electrons. The Bertz CT molecular complexity index is 1340. The number of amides is 3. The summed E-state index contributed by atoms with van der Waals surface area (Å²) >= 11 is 0.802. The zero-order chi connectivity index (χ0) is 25.7. The van der Waals surface area contributed by atoms with E-state index in [0.29, 0.717) is 29.4 Å². The van der Waals surface area contributed by atoms with E-state index < -0.39 is 17.1 Å². The molecule has 3 aromatic carbocycles. The van der Waals surface area contributed by atoms with Crippen molar-refractivity contribution in [2.45, 2.75) is 20.5 Å². The number of imide groups is 1. The highest BCUT2D eigenvalue weighted by Crippen LogP contribution is 2.34. The number of aryl methyl sites for hydroxylation is 2. The van der Waals surface area contributed by atoms with Gasteiger partial charge in [0.15, 0.2) is 11.5 Å². The molecular formula is C28H26N2O5S. The van der Waals surface area contributed by atoms with Gasteiger partial charge < -0.3 is 14.8 Å². The maximum Gasteiger partial charge on any atom is 0.294 e.